The van der Waals surface area contributed by atoms with Gasteiger partial charge in [0.05, 0.1) is 17.9 Å². The zero-order valence-corrected chi connectivity index (χ0v) is 14.3. The fraction of sp³-hybridized carbons (Fsp3) is 0. The molecule has 6 rings (SSSR count). The molecule has 6 aromatic rings. The maximum Gasteiger partial charge on any atom is 0.192 e. The molecule has 0 saturated heterocycles. The van der Waals surface area contributed by atoms with Gasteiger partial charge in [0, 0.05) is 5.39 Å². The molecule has 134 valence electrons. The lowest BCUT2D eigenvalue weighted by atomic mass is 10.2. The van der Waals surface area contributed by atoms with E-state index in [2.05, 4.69) is 25.5 Å². The van der Waals surface area contributed by atoms with Gasteiger partial charge in [-0.25, -0.2) is 14.1 Å². The van der Waals surface area contributed by atoms with E-state index in [-0.39, 0.29) is 5.82 Å². The summed E-state index contributed by atoms with van der Waals surface area (Å²) in [5.41, 5.74) is 3.27. The summed E-state index contributed by atoms with van der Waals surface area (Å²) in [6.45, 7) is 0. The van der Waals surface area contributed by atoms with Crippen molar-refractivity contribution < 1.29 is 4.39 Å². The van der Waals surface area contributed by atoms with Crippen molar-refractivity contribution in [3.63, 3.8) is 0 Å². The van der Waals surface area contributed by atoms with E-state index in [9.17, 15) is 4.39 Å². The molecule has 9 heteroatoms. The minimum Gasteiger partial charge on any atom is -0.284 e. The Morgan fingerprint density at radius 2 is 1.75 bits per heavy atom. The molecule has 0 aliphatic rings. The summed E-state index contributed by atoms with van der Waals surface area (Å²) >= 11 is 0. The molecule has 0 atom stereocenters. The predicted molar refractivity (Wildman–Crippen MR) is 99.6 cm³/mol. The van der Waals surface area contributed by atoms with Crippen molar-refractivity contribution in [3.05, 3.63) is 73.1 Å². The van der Waals surface area contributed by atoms with Crippen LogP contribution < -0.4 is 0 Å². The van der Waals surface area contributed by atoms with Crippen LogP contribution in [0.5, 0.6) is 0 Å². The van der Waals surface area contributed by atoms with Gasteiger partial charge in [-0.05, 0) is 24.3 Å². The van der Waals surface area contributed by atoms with Gasteiger partial charge in [-0.3, -0.25) is 8.80 Å². The molecule has 0 radical (unpaired) electrons. The number of hydrogen-bond acceptors (Lipinski definition) is 5. The fourth-order valence-electron chi connectivity index (χ4n) is 3.48. The molecule has 8 nitrogen and oxygen atoms in total. The van der Waals surface area contributed by atoms with Crippen LogP contribution in [0.25, 0.3) is 39.4 Å². The summed E-state index contributed by atoms with van der Waals surface area (Å²) in [4.78, 5) is 4.28. The van der Waals surface area contributed by atoms with Crippen LogP contribution in [-0.4, -0.2) is 39.0 Å². The van der Waals surface area contributed by atoms with Gasteiger partial charge in [-0.1, -0.05) is 29.5 Å². The molecule has 2 aromatic carbocycles. The SMILES string of the molecule is Fc1ccccc1-n1cc(-c2nnc3c4ccccc4n4cncc4n23)nn1. The highest BCUT2D eigenvalue weighted by atomic mass is 19.1. The largest absolute Gasteiger partial charge is 0.284 e. The van der Waals surface area contributed by atoms with Gasteiger partial charge in [0.15, 0.2) is 17.2 Å². The molecule has 0 aliphatic heterocycles. The molecular formula is C19H11FN8. The second kappa shape index (κ2) is 5.43. The predicted octanol–water partition coefficient (Wildman–Crippen LogP) is 2.92. The van der Waals surface area contributed by atoms with Gasteiger partial charge in [0.1, 0.15) is 23.5 Å². The number of fused-ring (bicyclic) bond motifs is 6. The maximum atomic E-state index is 14.1. The second-order valence-electron chi connectivity index (χ2n) is 6.32. The second-order valence-corrected chi connectivity index (χ2v) is 6.32. The average Bonchev–Trinajstić information content (AvgIpc) is 3.46. The summed E-state index contributed by atoms with van der Waals surface area (Å²) in [5, 5.41) is 17.9. The zero-order valence-electron chi connectivity index (χ0n) is 14.3. The van der Waals surface area contributed by atoms with Crippen LogP contribution in [0.15, 0.2) is 67.3 Å². The minimum absolute atomic E-state index is 0.315. The van der Waals surface area contributed by atoms with Crippen molar-refractivity contribution >= 4 is 22.2 Å². The highest BCUT2D eigenvalue weighted by Crippen LogP contribution is 2.26. The molecule has 0 amide bonds. The fourth-order valence-corrected chi connectivity index (χ4v) is 3.48. The third-order valence-corrected chi connectivity index (χ3v) is 4.74. The molecule has 4 heterocycles. The Morgan fingerprint density at radius 1 is 0.893 bits per heavy atom. The number of halogens is 1. The number of benzene rings is 2. The van der Waals surface area contributed by atoms with E-state index >= 15 is 0 Å². The first-order chi connectivity index (χ1) is 13.8. The summed E-state index contributed by atoms with van der Waals surface area (Å²) in [6, 6.07) is 14.3. The van der Waals surface area contributed by atoms with Crippen molar-refractivity contribution in [1.29, 1.82) is 0 Å². The molecule has 0 spiro atoms. The van der Waals surface area contributed by atoms with E-state index in [1.165, 1.54) is 10.7 Å². The van der Waals surface area contributed by atoms with Crippen LogP contribution in [0.3, 0.4) is 0 Å². The summed E-state index contributed by atoms with van der Waals surface area (Å²) in [5.74, 6) is 0.128. The first-order valence-corrected chi connectivity index (χ1v) is 8.57. The van der Waals surface area contributed by atoms with E-state index in [0.717, 1.165) is 16.6 Å². The lowest BCUT2D eigenvalue weighted by molar-refractivity contribution is 0.607. The molecule has 0 aliphatic carbocycles. The Bertz CT molecular complexity index is 1490. The van der Waals surface area contributed by atoms with Crippen LogP contribution in [0.2, 0.25) is 0 Å². The van der Waals surface area contributed by atoms with E-state index in [0.29, 0.717) is 22.9 Å². The topological polar surface area (TPSA) is 78.2 Å². The lowest BCUT2D eigenvalue weighted by Crippen LogP contribution is -1.98. The van der Waals surface area contributed by atoms with Crippen molar-refractivity contribution in [2.45, 2.75) is 0 Å². The van der Waals surface area contributed by atoms with Gasteiger partial charge < -0.3 is 0 Å². The highest BCUT2D eigenvalue weighted by Gasteiger charge is 2.18. The molecule has 4 aromatic heterocycles. The van der Waals surface area contributed by atoms with E-state index < -0.39 is 0 Å². The average molecular weight is 370 g/mol. The first kappa shape index (κ1) is 15.0. The summed E-state index contributed by atoms with van der Waals surface area (Å²) in [6.07, 6.45) is 5.13. The minimum atomic E-state index is -0.380. The standard InChI is InChI=1S/C19H11FN8/c20-13-6-2-4-8-16(13)27-10-14(22-25-27)19-24-23-18-12-5-1-3-7-15(12)26-11-21-9-17(26)28(18)19/h1-11H. The molecule has 28 heavy (non-hydrogen) atoms. The molecule has 0 saturated carbocycles. The lowest BCUT2D eigenvalue weighted by Gasteiger charge is -2.06. The van der Waals surface area contributed by atoms with E-state index in [1.54, 1.807) is 36.9 Å². The quantitative estimate of drug-likeness (QED) is 0.468. The monoisotopic (exact) mass is 370 g/mol. The van der Waals surface area contributed by atoms with Gasteiger partial charge in [-0.15, -0.1) is 15.3 Å². The molecule has 0 bridgehead atoms. The Hall–Kier alpha value is -4.14. The van der Waals surface area contributed by atoms with E-state index in [4.69, 9.17) is 0 Å². The van der Waals surface area contributed by atoms with Crippen LogP contribution in [0, 0.1) is 5.82 Å². The summed E-state index contributed by atoms with van der Waals surface area (Å²) < 4.78 is 19.3. The Labute approximate surface area is 156 Å². The highest BCUT2D eigenvalue weighted by molar-refractivity contribution is 5.94. The van der Waals surface area contributed by atoms with Crippen LogP contribution in [0.4, 0.5) is 4.39 Å². The number of hydrogen-bond donors (Lipinski definition) is 0. The van der Waals surface area contributed by atoms with Crippen molar-refractivity contribution in [2.24, 2.45) is 0 Å². The molecule has 0 unspecified atom stereocenters. The maximum absolute atomic E-state index is 14.1. The summed E-state index contributed by atoms with van der Waals surface area (Å²) in [7, 11) is 0. The van der Waals surface area contributed by atoms with Crippen molar-refractivity contribution in [3.8, 4) is 17.2 Å². The third kappa shape index (κ3) is 1.95. The van der Waals surface area contributed by atoms with Crippen LogP contribution >= 0.6 is 0 Å². The third-order valence-electron chi connectivity index (χ3n) is 4.74. The van der Waals surface area contributed by atoms with Crippen molar-refractivity contribution in [1.82, 2.24) is 39.0 Å². The molecule has 0 fully saturated rings. The number of aromatic nitrogens is 8. The number of nitrogens with zero attached hydrogens (tertiary/aromatic N) is 8. The Kier molecular flexibility index (Phi) is 2.90. The van der Waals surface area contributed by atoms with Crippen LogP contribution in [0.1, 0.15) is 0 Å². The van der Waals surface area contributed by atoms with Gasteiger partial charge in [0.25, 0.3) is 0 Å². The molecular weight excluding hydrogens is 359 g/mol. The number of imidazole rings is 1. The normalized spacial score (nSPS) is 11.8. The van der Waals surface area contributed by atoms with Crippen molar-refractivity contribution in [2.75, 3.05) is 0 Å². The van der Waals surface area contributed by atoms with Crippen LogP contribution in [-0.2, 0) is 0 Å². The molecule has 0 N–H and O–H groups in total. The van der Waals surface area contributed by atoms with Gasteiger partial charge in [-0.2, -0.15) is 0 Å². The van der Waals surface area contributed by atoms with Gasteiger partial charge >= 0.3 is 0 Å². The first-order valence-electron chi connectivity index (χ1n) is 8.57. The van der Waals surface area contributed by atoms with E-state index in [1.807, 2.05) is 33.1 Å². The smallest absolute Gasteiger partial charge is 0.192 e. The Balaban J connectivity index is 1.64. The Morgan fingerprint density at radius 3 is 2.68 bits per heavy atom. The number of rotatable bonds is 2. The van der Waals surface area contributed by atoms with Gasteiger partial charge in [0.2, 0.25) is 0 Å². The number of para-hydroxylation sites is 2. The zero-order chi connectivity index (χ0) is 18.7.